The van der Waals surface area contributed by atoms with Crippen LogP contribution in [-0.2, 0) is 12.6 Å². The third-order valence-corrected chi connectivity index (χ3v) is 6.41. The first-order valence-electron chi connectivity index (χ1n) is 10.7. The van der Waals surface area contributed by atoms with Gasteiger partial charge < -0.3 is 10.1 Å². The lowest BCUT2D eigenvalue weighted by Crippen LogP contribution is -2.32. The molecule has 1 fully saturated rings. The minimum atomic E-state index is -4.31. The number of hydrogen-bond acceptors (Lipinski definition) is 2. The van der Waals surface area contributed by atoms with Crippen molar-refractivity contribution in [3.63, 3.8) is 0 Å². The van der Waals surface area contributed by atoms with Crippen LogP contribution in [0.5, 0.6) is 5.75 Å². The summed E-state index contributed by atoms with van der Waals surface area (Å²) in [5.41, 5.74) is 2.48. The Hall–Kier alpha value is -2.43. The van der Waals surface area contributed by atoms with Gasteiger partial charge in [0.2, 0.25) is 0 Å². The minimum absolute atomic E-state index is 0.376. The Morgan fingerprint density at radius 1 is 1.07 bits per heavy atom. The Morgan fingerprint density at radius 3 is 2.53 bits per heavy atom. The Balaban J connectivity index is 1.34. The molecule has 30 heavy (non-hydrogen) atoms. The first-order chi connectivity index (χ1) is 14.4. The fourth-order valence-electron chi connectivity index (χ4n) is 4.65. The lowest BCUT2D eigenvalue weighted by Gasteiger charge is -2.38. The minimum Gasteiger partial charge on any atom is -0.489 e. The van der Waals surface area contributed by atoms with Gasteiger partial charge in [-0.1, -0.05) is 31.2 Å². The van der Waals surface area contributed by atoms with Gasteiger partial charge in [-0.25, -0.2) is 0 Å². The van der Waals surface area contributed by atoms with Crippen LogP contribution in [0.1, 0.15) is 42.9 Å². The zero-order valence-corrected chi connectivity index (χ0v) is 17.2. The maximum absolute atomic E-state index is 12.6. The van der Waals surface area contributed by atoms with Crippen molar-refractivity contribution in [3.05, 3.63) is 65.2 Å². The molecular formula is C25H28F3NO. The average Bonchev–Trinajstić information content (AvgIpc) is 2.91. The quantitative estimate of drug-likeness (QED) is 0.579. The molecule has 0 bridgehead atoms. The molecule has 1 aliphatic carbocycles. The third-order valence-electron chi connectivity index (χ3n) is 6.41. The van der Waals surface area contributed by atoms with E-state index in [1.807, 2.05) is 18.2 Å². The highest BCUT2D eigenvalue weighted by Crippen LogP contribution is 2.42. The second-order valence-corrected chi connectivity index (χ2v) is 8.63. The molecule has 4 rings (SSSR count). The molecule has 2 aliphatic rings. The van der Waals surface area contributed by atoms with E-state index in [1.54, 1.807) is 6.08 Å². The van der Waals surface area contributed by atoms with E-state index in [0.29, 0.717) is 6.61 Å². The van der Waals surface area contributed by atoms with Crippen LogP contribution in [0.25, 0.3) is 6.08 Å². The maximum Gasteiger partial charge on any atom is 0.416 e. The monoisotopic (exact) mass is 415 g/mol. The van der Waals surface area contributed by atoms with Gasteiger partial charge in [0.25, 0.3) is 0 Å². The van der Waals surface area contributed by atoms with Crippen molar-refractivity contribution in [2.24, 2.45) is 17.8 Å². The summed E-state index contributed by atoms with van der Waals surface area (Å²) < 4.78 is 43.9. The van der Waals surface area contributed by atoms with E-state index in [1.165, 1.54) is 37.0 Å². The number of rotatable bonds is 5. The van der Waals surface area contributed by atoms with Crippen LogP contribution in [0.3, 0.4) is 0 Å². The summed E-state index contributed by atoms with van der Waals surface area (Å²) in [7, 11) is 0. The van der Waals surface area contributed by atoms with E-state index < -0.39 is 11.7 Å². The lowest BCUT2D eigenvalue weighted by atomic mass is 9.68. The largest absolute Gasteiger partial charge is 0.489 e. The molecule has 160 valence electrons. The van der Waals surface area contributed by atoms with Crippen LogP contribution in [0.15, 0.2) is 48.5 Å². The summed E-state index contributed by atoms with van der Waals surface area (Å²) in [5, 5.41) is 3.62. The molecule has 0 saturated heterocycles. The van der Waals surface area contributed by atoms with Gasteiger partial charge in [0.1, 0.15) is 12.4 Å². The highest BCUT2D eigenvalue weighted by molar-refractivity contribution is 5.58. The van der Waals surface area contributed by atoms with Gasteiger partial charge in [0.05, 0.1) is 5.56 Å². The molecule has 5 heteroatoms. The number of benzene rings is 2. The summed E-state index contributed by atoms with van der Waals surface area (Å²) in [6, 6.07) is 11.3. The van der Waals surface area contributed by atoms with Crippen molar-refractivity contribution in [3.8, 4) is 5.75 Å². The molecule has 2 aromatic rings. The van der Waals surface area contributed by atoms with Crippen LogP contribution in [0, 0.1) is 17.8 Å². The zero-order chi connectivity index (χ0) is 21.1. The molecule has 2 aromatic carbocycles. The highest BCUT2D eigenvalue weighted by Gasteiger charge is 2.33. The molecule has 1 N–H and O–H groups in total. The number of nitrogens with one attached hydrogen (secondary N) is 1. The third kappa shape index (κ3) is 4.82. The first kappa shape index (κ1) is 20.8. The number of halogens is 3. The molecule has 0 radical (unpaired) electrons. The standard InChI is InChI=1S/C25H28F3NO/c1-17-14-20(15-17)19-9-12-22-23(29-16-19)5-2-6-24(22)30-13-3-4-18-7-10-21(11-8-18)25(26,27)28/h2-8,10-11,17,19-20,29H,9,12-16H2,1H3/b4-3+. The van der Waals surface area contributed by atoms with Crippen LogP contribution in [0.2, 0.25) is 0 Å². The van der Waals surface area contributed by atoms with Crippen LogP contribution < -0.4 is 10.1 Å². The van der Waals surface area contributed by atoms with Gasteiger partial charge in [-0.05, 0) is 79.3 Å². The van der Waals surface area contributed by atoms with E-state index in [4.69, 9.17) is 4.74 Å². The fraction of sp³-hybridized carbons (Fsp3) is 0.440. The predicted molar refractivity (Wildman–Crippen MR) is 115 cm³/mol. The molecule has 1 unspecified atom stereocenters. The van der Waals surface area contributed by atoms with Crippen LogP contribution in [0.4, 0.5) is 18.9 Å². The van der Waals surface area contributed by atoms with E-state index in [0.717, 1.165) is 59.9 Å². The zero-order valence-electron chi connectivity index (χ0n) is 17.2. The first-order valence-corrected chi connectivity index (χ1v) is 10.7. The second-order valence-electron chi connectivity index (χ2n) is 8.63. The van der Waals surface area contributed by atoms with Gasteiger partial charge in [-0.3, -0.25) is 0 Å². The Morgan fingerprint density at radius 2 is 1.83 bits per heavy atom. The highest BCUT2D eigenvalue weighted by atomic mass is 19.4. The normalized spacial score (nSPS) is 23.9. The number of alkyl halides is 3. The molecular weight excluding hydrogens is 387 g/mol. The second kappa shape index (κ2) is 8.75. The Kier molecular flexibility index (Phi) is 6.07. The van der Waals surface area contributed by atoms with Crippen molar-refractivity contribution in [1.82, 2.24) is 0 Å². The van der Waals surface area contributed by atoms with E-state index in [2.05, 4.69) is 18.3 Å². The van der Waals surface area contributed by atoms with Gasteiger partial charge in [0, 0.05) is 17.8 Å². The van der Waals surface area contributed by atoms with Crippen LogP contribution in [-0.4, -0.2) is 13.2 Å². The molecule has 0 amide bonds. The topological polar surface area (TPSA) is 21.3 Å². The van der Waals surface area contributed by atoms with Crippen molar-refractivity contribution in [2.45, 2.75) is 38.8 Å². The summed E-state index contributed by atoms with van der Waals surface area (Å²) in [4.78, 5) is 0. The molecule has 0 spiro atoms. The van der Waals surface area contributed by atoms with Crippen LogP contribution >= 0.6 is 0 Å². The molecule has 1 heterocycles. The number of anilines is 1. The molecule has 1 aliphatic heterocycles. The van der Waals surface area contributed by atoms with Gasteiger partial charge in [0.15, 0.2) is 0 Å². The van der Waals surface area contributed by atoms with E-state index in [9.17, 15) is 13.2 Å². The molecule has 2 nitrogen and oxygen atoms in total. The summed E-state index contributed by atoms with van der Waals surface area (Å²) in [6.07, 6.45) is 4.20. The summed E-state index contributed by atoms with van der Waals surface area (Å²) in [5.74, 6) is 3.33. The van der Waals surface area contributed by atoms with Crippen molar-refractivity contribution >= 4 is 11.8 Å². The maximum atomic E-state index is 12.6. The van der Waals surface area contributed by atoms with Crippen molar-refractivity contribution in [2.75, 3.05) is 18.5 Å². The summed E-state index contributed by atoms with van der Waals surface area (Å²) in [6.45, 7) is 3.74. The SMILES string of the molecule is CC1CC(C2CCc3c(cccc3OC/C=C/c3ccc(C(F)(F)F)cc3)NC2)C1. The van der Waals surface area contributed by atoms with Crippen molar-refractivity contribution in [1.29, 1.82) is 0 Å². The predicted octanol–water partition coefficient (Wildman–Crippen LogP) is 6.82. The van der Waals surface area contributed by atoms with Gasteiger partial charge in [-0.2, -0.15) is 13.2 Å². The van der Waals surface area contributed by atoms with E-state index in [-0.39, 0.29) is 0 Å². The Bertz CT molecular complexity index is 882. The number of hydrogen-bond donors (Lipinski definition) is 1. The number of ether oxygens (including phenoxy) is 1. The number of fused-ring (bicyclic) bond motifs is 1. The van der Waals surface area contributed by atoms with Crippen molar-refractivity contribution < 1.29 is 17.9 Å². The lowest BCUT2D eigenvalue weighted by molar-refractivity contribution is -0.137. The average molecular weight is 415 g/mol. The Labute approximate surface area is 176 Å². The van der Waals surface area contributed by atoms with Gasteiger partial charge >= 0.3 is 6.18 Å². The molecule has 0 aromatic heterocycles. The fourth-order valence-corrected chi connectivity index (χ4v) is 4.65. The van der Waals surface area contributed by atoms with Gasteiger partial charge in [-0.15, -0.1) is 0 Å². The smallest absolute Gasteiger partial charge is 0.416 e. The summed E-state index contributed by atoms with van der Waals surface area (Å²) >= 11 is 0. The molecule has 1 saturated carbocycles. The van der Waals surface area contributed by atoms with E-state index >= 15 is 0 Å². The molecule has 1 atom stereocenters.